The van der Waals surface area contributed by atoms with Gasteiger partial charge in [0.05, 0.1) is 12.6 Å². The fourth-order valence-electron chi connectivity index (χ4n) is 1.92. The molecule has 2 atom stereocenters. The van der Waals surface area contributed by atoms with E-state index in [1.165, 1.54) is 0 Å². The molecule has 1 heterocycles. The highest BCUT2D eigenvalue weighted by atomic mass is 16.6. The zero-order valence-electron chi connectivity index (χ0n) is 13.0. The minimum absolute atomic E-state index is 0.0873. The van der Waals surface area contributed by atoms with Crippen LogP contribution in [0.25, 0.3) is 0 Å². The molecular formula is C14H26N2O4. The van der Waals surface area contributed by atoms with Gasteiger partial charge in [-0.25, -0.2) is 4.79 Å². The first kappa shape index (κ1) is 16.8. The Hall–Kier alpha value is -1.30. The topological polar surface area (TPSA) is 76.7 Å². The lowest BCUT2D eigenvalue weighted by molar-refractivity contribution is -0.136. The largest absolute Gasteiger partial charge is 0.444 e. The van der Waals surface area contributed by atoms with Gasteiger partial charge in [0.2, 0.25) is 5.91 Å². The number of rotatable bonds is 3. The molecule has 1 rings (SSSR count). The van der Waals surface area contributed by atoms with E-state index in [1.54, 1.807) is 0 Å². The lowest BCUT2D eigenvalue weighted by atomic mass is 10.0. The van der Waals surface area contributed by atoms with Crippen LogP contribution in [0.15, 0.2) is 0 Å². The zero-order chi connectivity index (χ0) is 15.3. The molecule has 0 saturated carbocycles. The van der Waals surface area contributed by atoms with E-state index < -0.39 is 17.8 Å². The maximum atomic E-state index is 11.8. The number of ether oxygens (including phenoxy) is 2. The number of hydrogen-bond acceptors (Lipinski definition) is 4. The van der Waals surface area contributed by atoms with Gasteiger partial charge in [-0.1, -0.05) is 0 Å². The maximum Gasteiger partial charge on any atom is 0.407 e. The molecule has 1 saturated heterocycles. The average Bonchev–Trinajstić information content (AvgIpc) is 2.26. The lowest BCUT2D eigenvalue weighted by Crippen LogP contribution is -2.49. The third-order valence-corrected chi connectivity index (χ3v) is 2.72. The monoisotopic (exact) mass is 286 g/mol. The second-order valence-electron chi connectivity index (χ2n) is 6.41. The highest BCUT2D eigenvalue weighted by Crippen LogP contribution is 2.15. The molecule has 20 heavy (non-hydrogen) atoms. The first-order valence-electron chi connectivity index (χ1n) is 7.09. The normalized spacial score (nSPS) is 23.3. The van der Waals surface area contributed by atoms with E-state index in [2.05, 4.69) is 10.6 Å². The third kappa shape index (κ3) is 6.23. The van der Waals surface area contributed by atoms with Gasteiger partial charge >= 0.3 is 6.09 Å². The minimum Gasteiger partial charge on any atom is -0.444 e. The smallest absolute Gasteiger partial charge is 0.407 e. The molecule has 1 unspecified atom stereocenters. The van der Waals surface area contributed by atoms with Crippen molar-refractivity contribution in [1.82, 2.24) is 10.6 Å². The standard InChI is InChI=1S/C14H26N2O4/c1-9(2)15-12(17)11-7-6-10(8-19-11)16-13(18)20-14(3,4)5/h9-11H,6-8H2,1-5H3,(H,15,17)(H,16,18)/t10-,11?/m1/s1. The van der Waals surface area contributed by atoms with Crippen LogP contribution in [0.1, 0.15) is 47.5 Å². The predicted octanol–water partition coefficient (Wildman–Crippen LogP) is 1.58. The van der Waals surface area contributed by atoms with Crippen molar-refractivity contribution in [3.8, 4) is 0 Å². The van der Waals surface area contributed by atoms with E-state index in [9.17, 15) is 9.59 Å². The van der Waals surface area contributed by atoms with Crippen molar-refractivity contribution in [3.05, 3.63) is 0 Å². The van der Waals surface area contributed by atoms with Gasteiger partial charge in [-0.3, -0.25) is 4.79 Å². The Labute approximate surface area is 120 Å². The summed E-state index contributed by atoms with van der Waals surface area (Å²) in [6.45, 7) is 9.60. The van der Waals surface area contributed by atoms with Crippen LogP contribution in [0.4, 0.5) is 4.79 Å². The maximum absolute atomic E-state index is 11.8. The highest BCUT2D eigenvalue weighted by Gasteiger charge is 2.29. The zero-order valence-corrected chi connectivity index (χ0v) is 13.0. The summed E-state index contributed by atoms with van der Waals surface area (Å²) < 4.78 is 10.7. The SMILES string of the molecule is CC(C)NC(=O)C1CC[C@@H](NC(=O)OC(C)(C)C)CO1. The molecule has 2 N–H and O–H groups in total. The Morgan fingerprint density at radius 3 is 2.35 bits per heavy atom. The molecule has 0 aromatic carbocycles. The molecular weight excluding hydrogens is 260 g/mol. The molecule has 1 aliphatic rings. The van der Waals surface area contributed by atoms with Crippen molar-refractivity contribution in [1.29, 1.82) is 0 Å². The Morgan fingerprint density at radius 2 is 1.90 bits per heavy atom. The molecule has 0 bridgehead atoms. The second kappa shape index (κ2) is 6.92. The quantitative estimate of drug-likeness (QED) is 0.826. The van der Waals surface area contributed by atoms with Gasteiger partial charge in [0.1, 0.15) is 11.7 Å². The van der Waals surface area contributed by atoms with Gasteiger partial charge in [0.15, 0.2) is 0 Å². The molecule has 0 spiro atoms. The van der Waals surface area contributed by atoms with Crippen LogP contribution >= 0.6 is 0 Å². The fraction of sp³-hybridized carbons (Fsp3) is 0.857. The molecule has 6 heteroatoms. The van der Waals surface area contributed by atoms with E-state index in [0.29, 0.717) is 19.4 Å². The fourth-order valence-corrected chi connectivity index (χ4v) is 1.92. The summed E-state index contributed by atoms with van der Waals surface area (Å²) in [5.41, 5.74) is -0.515. The summed E-state index contributed by atoms with van der Waals surface area (Å²) in [5, 5.41) is 5.58. The molecule has 0 aromatic heterocycles. The summed E-state index contributed by atoms with van der Waals surface area (Å²) in [5.74, 6) is -0.0873. The van der Waals surface area contributed by atoms with Gasteiger partial charge in [0, 0.05) is 6.04 Å². The summed E-state index contributed by atoms with van der Waals surface area (Å²) >= 11 is 0. The Bertz CT molecular complexity index is 342. The molecule has 1 aliphatic heterocycles. The summed E-state index contributed by atoms with van der Waals surface area (Å²) in [6.07, 6.45) is 0.430. The van der Waals surface area contributed by atoms with Gasteiger partial charge in [-0.2, -0.15) is 0 Å². The Morgan fingerprint density at radius 1 is 1.25 bits per heavy atom. The molecule has 116 valence electrons. The van der Waals surface area contributed by atoms with E-state index in [-0.39, 0.29) is 18.0 Å². The first-order valence-corrected chi connectivity index (χ1v) is 7.09. The van der Waals surface area contributed by atoms with Crippen molar-refractivity contribution >= 4 is 12.0 Å². The van der Waals surface area contributed by atoms with Crippen molar-refractivity contribution < 1.29 is 19.1 Å². The van der Waals surface area contributed by atoms with Crippen LogP contribution in [-0.4, -0.2) is 42.4 Å². The van der Waals surface area contributed by atoms with Crippen LogP contribution in [0.5, 0.6) is 0 Å². The van der Waals surface area contributed by atoms with E-state index in [1.807, 2.05) is 34.6 Å². The second-order valence-corrected chi connectivity index (χ2v) is 6.41. The molecule has 2 amide bonds. The van der Waals surface area contributed by atoms with Crippen LogP contribution < -0.4 is 10.6 Å². The van der Waals surface area contributed by atoms with Gasteiger partial charge in [-0.15, -0.1) is 0 Å². The molecule has 0 aliphatic carbocycles. The van der Waals surface area contributed by atoms with Crippen molar-refractivity contribution in [3.63, 3.8) is 0 Å². The number of amides is 2. The number of hydrogen-bond donors (Lipinski definition) is 2. The van der Waals surface area contributed by atoms with E-state index in [4.69, 9.17) is 9.47 Å². The Kier molecular flexibility index (Phi) is 5.80. The van der Waals surface area contributed by atoms with Crippen LogP contribution in [0.3, 0.4) is 0 Å². The predicted molar refractivity (Wildman–Crippen MR) is 75.4 cm³/mol. The van der Waals surface area contributed by atoms with Crippen molar-refractivity contribution in [2.45, 2.75) is 71.2 Å². The number of alkyl carbamates (subject to hydrolysis) is 1. The molecule has 1 fully saturated rings. The van der Waals surface area contributed by atoms with Gasteiger partial charge < -0.3 is 20.1 Å². The average molecular weight is 286 g/mol. The van der Waals surface area contributed by atoms with Gasteiger partial charge in [-0.05, 0) is 47.5 Å². The summed E-state index contributed by atoms with van der Waals surface area (Å²) in [7, 11) is 0. The number of carbonyl (C=O) groups is 2. The first-order chi connectivity index (χ1) is 9.17. The van der Waals surface area contributed by atoms with Crippen LogP contribution in [-0.2, 0) is 14.3 Å². The van der Waals surface area contributed by atoms with E-state index in [0.717, 1.165) is 0 Å². The molecule has 0 radical (unpaired) electrons. The number of carbonyl (C=O) groups excluding carboxylic acids is 2. The lowest BCUT2D eigenvalue weighted by Gasteiger charge is -2.30. The van der Waals surface area contributed by atoms with Gasteiger partial charge in [0.25, 0.3) is 0 Å². The number of nitrogens with one attached hydrogen (secondary N) is 2. The molecule has 0 aromatic rings. The van der Waals surface area contributed by atoms with Crippen molar-refractivity contribution in [2.24, 2.45) is 0 Å². The summed E-state index contributed by atoms with van der Waals surface area (Å²) in [4.78, 5) is 23.4. The van der Waals surface area contributed by atoms with Crippen LogP contribution in [0, 0.1) is 0 Å². The Balaban J connectivity index is 2.32. The van der Waals surface area contributed by atoms with E-state index >= 15 is 0 Å². The van der Waals surface area contributed by atoms with Crippen molar-refractivity contribution in [2.75, 3.05) is 6.61 Å². The third-order valence-electron chi connectivity index (χ3n) is 2.72. The minimum atomic E-state index is -0.515. The molecule has 6 nitrogen and oxygen atoms in total. The summed E-state index contributed by atoms with van der Waals surface area (Å²) in [6, 6.07) is -0.00309. The highest BCUT2D eigenvalue weighted by molar-refractivity contribution is 5.81. The van der Waals surface area contributed by atoms with Crippen LogP contribution in [0.2, 0.25) is 0 Å².